The maximum Gasteiger partial charge on any atom is 0.329 e. The Morgan fingerprint density at radius 3 is 2.21 bits per heavy atom. The highest BCUT2D eigenvalue weighted by atomic mass is 16.5. The summed E-state index contributed by atoms with van der Waals surface area (Å²) in [5.41, 5.74) is 0. The molecule has 6 heteroatoms. The molecular formula is C13H20N2O4. The van der Waals surface area contributed by atoms with Crippen LogP contribution in [0, 0.1) is 18.3 Å². The zero-order valence-electron chi connectivity index (χ0n) is 11.6. The van der Waals surface area contributed by atoms with E-state index >= 15 is 0 Å². The van der Waals surface area contributed by atoms with Crippen molar-refractivity contribution >= 4 is 17.8 Å². The van der Waals surface area contributed by atoms with Gasteiger partial charge in [-0.2, -0.15) is 0 Å². The fraction of sp³-hybridized carbons (Fsp3) is 0.615. The van der Waals surface area contributed by atoms with Crippen LogP contribution in [0.15, 0.2) is 0 Å². The molecule has 0 spiro atoms. The van der Waals surface area contributed by atoms with Gasteiger partial charge in [0.2, 0.25) is 11.8 Å². The van der Waals surface area contributed by atoms with E-state index in [-0.39, 0.29) is 18.2 Å². The number of carbonyl (C=O) groups is 3. The molecule has 2 N–H and O–H groups in total. The molecule has 0 fully saturated rings. The van der Waals surface area contributed by atoms with E-state index in [1.165, 1.54) is 14.0 Å². The number of methoxy groups -OCH3 is 1. The Labute approximate surface area is 113 Å². The number of nitrogens with one attached hydrogen (secondary N) is 2. The maximum atomic E-state index is 12.0. The van der Waals surface area contributed by atoms with Gasteiger partial charge in [-0.1, -0.05) is 13.8 Å². The smallest absolute Gasteiger partial charge is 0.329 e. The van der Waals surface area contributed by atoms with Crippen LogP contribution in [0.1, 0.15) is 27.2 Å². The lowest BCUT2D eigenvalue weighted by molar-refractivity contribution is -0.145. The predicted molar refractivity (Wildman–Crippen MR) is 69.8 cm³/mol. The molecule has 0 saturated heterocycles. The number of ether oxygens (including phenoxy) is 1. The average Bonchev–Trinajstić information content (AvgIpc) is 2.33. The molecule has 0 aliphatic carbocycles. The van der Waals surface area contributed by atoms with E-state index in [4.69, 9.17) is 6.42 Å². The van der Waals surface area contributed by atoms with E-state index < -0.39 is 24.0 Å². The minimum absolute atomic E-state index is 0.0311. The molecule has 2 atom stereocenters. The lowest BCUT2D eigenvalue weighted by atomic mass is 10.0. The van der Waals surface area contributed by atoms with Gasteiger partial charge in [0.15, 0.2) is 0 Å². The molecule has 19 heavy (non-hydrogen) atoms. The highest BCUT2D eigenvalue weighted by Crippen LogP contribution is 2.04. The highest BCUT2D eigenvalue weighted by Gasteiger charge is 2.27. The summed E-state index contributed by atoms with van der Waals surface area (Å²) in [6.07, 6.45) is 5.17. The quantitative estimate of drug-likeness (QED) is 0.517. The zero-order chi connectivity index (χ0) is 15.0. The first-order valence-electron chi connectivity index (χ1n) is 5.92. The average molecular weight is 268 g/mol. The number of rotatable bonds is 6. The summed E-state index contributed by atoms with van der Waals surface area (Å²) in [7, 11) is 1.21. The van der Waals surface area contributed by atoms with Gasteiger partial charge in [-0.05, 0) is 5.92 Å². The van der Waals surface area contributed by atoms with Gasteiger partial charge < -0.3 is 15.4 Å². The second-order valence-electron chi connectivity index (χ2n) is 4.41. The van der Waals surface area contributed by atoms with Crippen molar-refractivity contribution in [2.24, 2.45) is 5.92 Å². The Morgan fingerprint density at radius 1 is 1.26 bits per heavy atom. The van der Waals surface area contributed by atoms with E-state index in [1.54, 1.807) is 13.8 Å². The van der Waals surface area contributed by atoms with Crippen LogP contribution in [0.3, 0.4) is 0 Å². The highest BCUT2D eigenvalue weighted by molar-refractivity contribution is 5.90. The molecule has 6 nitrogen and oxygen atoms in total. The Hall–Kier alpha value is -2.03. The van der Waals surface area contributed by atoms with Crippen LogP contribution in [0.4, 0.5) is 0 Å². The van der Waals surface area contributed by atoms with Crippen LogP contribution in [0.2, 0.25) is 0 Å². The Kier molecular flexibility index (Phi) is 7.27. The van der Waals surface area contributed by atoms with Crippen molar-refractivity contribution in [3.05, 3.63) is 0 Å². The summed E-state index contributed by atoms with van der Waals surface area (Å²) < 4.78 is 4.55. The number of carbonyl (C=O) groups excluding carboxylic acids is 3. The molecule has 106 valence electrons. The summed E-state index contributed by atoms with van der Waals surface area (Å²) in [4.78, 5) is 34.5. The van der Waals surface area contributed by atoms with Crippen LogP contribution < -0.4 is 10.6 Å². The number of amides is 2. The van der Waals surface area contributed by atoms with Crippen molar-refractivity contribution in [3.63, 3.8) is 0 Å². The lowest BCUT2D eigenvalue weighted by Crippen LogP contribution is -2.53. The number of terminal acetylenes is 1. The van der Waals surface area contributed by atoms with Gasteiger partial charge in [-0.3, -0.25) is 9.59 Å². The van der Waals surface area contributed by atoms with Crippen LogP contribution in [-0.4, -0.2) is 37.0 Å². The van der Waals surface area contributed by atoms with Gasteiger partial charge in [0, 0.05) is 13.3 Å². The first-order valence-corrected chi connectivity index (χ1v) is 5.92. The molecule has 0 saturated carbocycles. The third-order valence-corrected chi connectivity index (χ3v) is 2.43. The molecule has 0 aromatic carbocycles. The summed E-state index contributed by atoms with van der Waals surface area (Å²) in [5.74, 6) is 0.781. The molecule has 0 aromatic rings. The monoisotopic (exact) mass is 268 g/mol. The fourth-order valence-electron chi connectivity index (χ4n) is 1.47. The lowest BCUT2D eigenvalue weighted by Gasteiger charge is -2.23. The van der Waals surface area contributed by atoms with Gasteiger partial charge in [0.05, 0.1) is 7.11 Å². The largest absolute Gasteiger partial charge is 0.467 e. The molecular weight excluding hydrogens is 248 g/mol. The predicted octanol–water partition coefficient (Wildman–Crippen LogP) is -0.172. The van der Waals surface area contributed by atoms with Crippen molar-refractivity contribution < 1.29 is 19.1 Å². The van der Waals surface area contributed by atoms with Gasteiger partial charge in [0.25, 0.3) is 0 Å². The van der Waals surface area contributed by atoms with Crippen molar-refractivity contribution in [3.8, 4) is 12.3 Å². The van der Waals surface area contributed by atoms with Gasteiger partial charge in [-0.15, -0.1) is 12.3 Å². The molecule has 0 aliphatic rings. The molecule has 0 unspecified atom stereocenters. The molecule has 0 radical (unpaired) electrons. The Balaban J connectivity index is 4.81. The summed E-state index contributed by atoms with van der Waals surface area (Å²) in [6.45, 7) is 4.89. The Bertz CT molecular complexity index is 385. The van der Waals surface area contributed by atoms with Crippen LogP contribution in [-0.2, 0) is 19.1 Å². The summed E-state index contributed by atoms with van der Waals surface area (Å²) in [6, 6.07) is -1.63. The molecule has 2 amide bonds. The van der Waals surface area contributed by atoms with E-state index in [1.807, 2.05) is 0 Å². The molecule has 0 aliphatic heterocycles. The third kappa shape index (κ3) is 5.91. The van der Waals surface area contributed by atoms with E-state index in [0.717, 1.165) is 0 Å². The maximum absolute atomic E-state index is 12.0. The first kappa shape index (κ1) is 17.0. The second kappa shape index (κ2) is 8.14. The molecule has 0 heterocycles. The summed E-state index contributed by atoms with van der Waals surface area (Å²) >= 11 is 0. The summed E-state index contributed by atoms with van der Waals surface area (Å²) in [5, 5.41) is 5.01. The first-order chi connectivity index (χ1) is 8.83. The molecule has 0 aromatic heterocycles. The minimum Gasteiger partial charge on any atom is -0.467 e. The second-order valence-corrected chi connectivity index (χ2v) is 4.41. The van der Waals surface area contributed by atoms with Gasteiger partial charge in [-0.25, -0.2) is 4.79 Å². The van der Waals surface area contributed by atoms with Crippen molar-refractivity contribution in [1.29, 1.82) is 0 Å². The minimum atomic E-state index is -0.905. The van der Waals surface area contributed by atoms with E-state index in [9.17, 15) is 14.4 Å². The van der Waals surface area contributed by atoms with E-state index in [2.05, 4.69) is 21.3 Å². The van der Waals surface area contributed by atoms with E-state index in [0.29, 0.717) is 0 Å². The molecule has 0 bridgehead atoms. The van der Waals surface area contributed by atoms with Crippen molar-refractivity contribution in [2.45, 2.75) is 39.3 Å². The number of hydrogen-bond acceptors (Lipinski definition) is 4. The van der Waals surface area contributed by atoms with Crippen LogP contribution in [0.5, 0.6) is 0 Å². The van der Waals surface area contributed by atoms with Gasteiger partial charge >= 0.3 is 5.97 Å². The van der Waals surface area contributed by atoms with Crippen LogP contribution >= 0.6 is 0 Å². The number of hydrogen-bond donors (Lipinski definition) is 2. The fourth-order valence-corrected chi connectivity index (χ4v) is 1.47. The Morgan fingerprint density at radius 2 is 1.84 bits per heavy atom. The zero-order valence-corrected chi connectivity index (χ0v) is 11.6. The molecule has 0 rings (SSSR count). The van der Waals surface area contributed by atoms with Crippen LogP contribution in [0.25, 0.3) is 0 Å². The normalized spacial score (nSPS) is 13.1. The SMILES string of the molecule is C#CC[C@H](NC(=O)[C@H](NC(C)=O)C(C)C)C(=O)OC. The topological polar surface area (TPSA) is 84.5 Å². The van der Waals surface area contributed by atoms with Crippen molar-refractivity contribution in [2.75, 3.05) is 7.11 Å². The number of esters is 1. The van der Waals surface area contributed by atoms with Gasteiger partial charge in [0.1, 0.15) is 12.1 Å². The van der Waals surface area contributed by atoms with Crippen molar-refractivity contribution in [1.82, 2.24) is 10.6 Å². The third-order valence-electron chi connectivity index (χ3n) is 2.43. The standard InChI is InChI=1S/C13H20N2O4/c1-6-7-10(13(18)19-5)15-12(17)11(8(2)3)14-9(4)16/h1,8,10-11H,7H2,2-5H3,(H,14,16)(H,15,17)/t10-,11+/m0/s1.